The minimum atomic E-state index is -0.126. The van der Waals surface area contributed by atoms with Crippen LogP contribution in [0.25, 0.3) is 5.69 Å². The Morgan fingerprint density at radius 1 is 1.04 bits per heavy atom. The molecule has 1 atom stereocenters. The van der Waals surface area contributed by atoms with Gasteiger partial charge in [-0.3, -0.25) is 4.79 Å². The maximum Gasteiger partial charge on any atom is 0.276 e. The Kier molecular flexibility index (Phi) is 4.26. The maximum absolute atomic E-state index is 13.0. The second-order valence-corrected chi connectivity index (χ2v) is 5.88. The Balaban J connectivity index is 1.60. The summed E-state index contributed by atoms with van der Waals surface area (Å²) in [6.45, 7) is 1.56. The van der Waals surface area contributed by atoms with Crippen LogP contribution >= 0.6 is 0 Å². The molecule has 6 nitrogen and oxygen atoms in total. The zero-order chi connectivity index (χ0) is 17.1. The summed E-state index contributed by atoms with van der Waals surface area (Å²) in [5.41, 5.74) is 2.27. The first-order chi connectivity index (χ1) is 12.3. The van der Waals surface area contributed by atoms with Gasteiger partial charge in [0.1, 0.15) is 0 Å². The number of morpholine rings is 1. The van der Waals surface area contributed by atoms with E-state index < -0.39 is 0 Å². The smallest absolute Gasteiger partial charge is 0.276 e. The van der Waals surface area contributed by atoms with Gasteiger partial charge in [0.25, 0.3) is 5.91 Å². The molecule has 0 N–H and O–H groups in total. The maximum atomic E-state index is 13.0. The van der Waals surface area contributed by atoms with E-state index in [9.17, 15) is 4.79 Å². The minimum absolute atomic E-state index is 0.107. The molecule has 1 fully saturated rings. The fourth-order valence-corrected chi connectivity index (χ4v) is 3.01. The van der Waals surface area contributed by atoms with Gasteiger partial charge in [0.05, 0.1) is 31.1 Å². The van der Waals surface area contributed by atoms with Crippen molar-refractivity contribution in [2.45, 2.75) is 6.04 Å². The van der Waals surface area contributed by atoms with Gasteiger partial charge in [-0.25, -0.2) is 4.68 Å². The molecule has 0 aliphatic carbocycles. The summed E-state index contributed by atoms with van der Waals surface area (Å²) in [4.78, 5) is 14.8. The first-order valence-corrected chi connectivity index (χ1v) is 8.24. The molecule has 0 saturated carbocycles. The number of hydrogen-bond donors (Lipinski definition) is 0. The normalized spacial score (nSPS) is 17.4. The third kappa shape index (κ3) is 3.16. The number of para-hydroxylation sites is 1. The van der Waals surface area contributed by atoms with Crippen molar-refractivity contribution >= 4 is 5.91 Å². The molecule has 2 heterocycles. The van der Waals surface area contributed by atoms with Gasteiger partial charge in [-0.15, -0.1) is 5.10 Å². The lowest BCUT2D eigenvalue weighted by atomic mass is 10.0. The predicted octanol–water partition coefficient (Wildman–Crippen LogP) is 2.48. The van der Waals surface area contributed by atoms with E-state index in [2.05, 4.69) is 10.3 Å². The van der Waals surface area contributed by atoms with Gasteiger partial charge in [-0.2, -0.15) is 0 Å². The molecule has 1 saturated heterocycles. The van der Waals surface area contributed by atoms with Crippen LogP contribution in [0.2, 0.25) is 0 Å². The second-order valence-electron chi connectivity index (χ2n) is 5.88. The van der Waals surface area contributed by atoms with Crippen molar-refractivity contribution in [2.24, 2.45) is 0 Å². The van der Waals surface area contributed by atoms with Gasteiger partial charge in [-0.05, 0) is 17.7 Å². The Bertz CT molecular complexity index is 848. The molecule has 126 valence electrons. The largest absolute Gasteiger partial charge is 0.377 e. The summed E-state index contributed by atoms with van der Waals surface area (Å²) in [6.07, 6.45) is 1.68. The molecule has 0 radical (unpaired) electrons. The molecule has 6 heteroatoms. The number of hydrogen-bond acceptors (Lipinski definition) is 4. The lowest BCUT2D eigenvalue weighted by Crippen LogP contribution is -2.43. The van der Waals surface area contributed by atoms with E-state index in [1.54, 1.807) is 10.9 Å². The molecule has 0 spiro atoms. The highest BCUT2D eigenvalue weighted by atomic mass is 16.5. The van der Waals surface area contributed by atoms with Gasteiger partial charge in [-0.1, -0.05) is 53.7 Å². The minimum Gasteiger partial charge on any atom is -0.377 e. The Morgan fingerprint density at radius 3 is 2.52 bits per heavy atom. The fraction of sp³-hybridized carbons (Fsp3) is 0.211. The summed E-state index contributed by atoms with van der Waals surface area (Å²) in [6, 6.07) is 19.4. The van der Waals surface area contributed by atoms with E-state index in [1.165, 1.54) is 0 Å². The predicted molar refractivity (Wildman–Crippen MR) is 92.4 cm³/mol. The van der Waals surface area contributed by atoms with Crippen LogP contribution < -0.4 is 0 Å². The van der Waals surface area contributed by atoms with Gasteiger partial charge >= 0.3 is 0 Å². The van der Waals surface area contributed by atoms with Crippen LogP contribution in [-0.4, -0.2) is 45.6 Å². The topological polar surface area (TPSA) is 60.2 Å². The quantitative estimate of drug-likeness (QED) is 0.738. The summed E-state index contributed by atoms with van der Waals surface area (Å²) < 4.78 is 7.21. The number of ether oxygens (including phenoxy) is 1. The zero-order valence-corrected chi connectivity index (χ0v) is 13.7. The lowest BCUT2D eigenvalue weighted by molar-refractivity contribution is -0.00301. The molecular weight excluding hydrogens is 316 g/mol. The van der Waals surface area contributed by atoms with E-state index in [0.29, 0.717) is 25.5 Å². The molecule has 25 heavy (non-hydrogen) atoms. The van der Waals surface area contributed by atoms with Gasteiger partial charge in [0, 0.05) is 6.54 Å². The molecule has 1 aliphatic rings. The van der Waals surface area contributed by atoms with E-state index in [-0.39, 0.29) is 11.9 Å². The number of nitrogens with zero attached hydrogens (tertiary/aromatic N) is 4. The summed E-state index contributed by atoms with van der Waals surface area (Å²) in [5, 5.41) is 8.16. The average Bonchev–Trinajstić information content (AvgIpc) is 3.19. The first-order valence-electron chi connectivity index (χ1n) is 8.24. The van der Waals surface area contributed by atoms with Crippen LogP contribution in [0.5, 0.6) is 0 Å². The van der Waals surface area contributed by atoms with Crippen molar-refractivity contribution in [3.8, 4) is 5.69 Å². The first kappa shape index (κ1) is 15.5. The van der Waals surface area contributed by atoms with Crippen LogP contribution in [0.4, 0.5) is 0 Å². The standard InChI is InChI=1S/C19H18N4O2/c24-19(17-13-23(21-20-17)16-9-5-2-6-10-16)22-11-12-25-14-18(22)15-7-3-1-4-8-15/h1-10,13,18H,11-12,14H2. The molecular formula is C19H18N4O2. The van der Waals surface area contributed by atoms with E-state index in [4.69, 9.17) is 4.74 Å². The molecule has 2 aromatic carbocycles. The van der Waals surface area contributed by atoms with E-state index in [0.717, 1.165) is 11.3 Å². The second kappa shape index (κ2) is 6.86. The molecule has 3 aromatic rings. The SMILES string of the molecule is O=C(c1cn(-c2ccccc2)nn1)N1CCOCC1c1ccccc1. The number of amides is 1. The average molecular weight is 334 g/mol. The van der Waals surface area contributed by atoms with E-state index in [1.807, 2.05) is 65.6 Å². The Labute approximate surface area is 145 Å². The highest BCUT2D eigenvalue weighted by Crippen LogP contribution is 2.25. The Morgan fingerprint density at radius 2 is 1.76 bits per heavy atom. The molecule has 4 rings (SSSR count). The molecule has 1 aromatic heterocycles. The van der Waals surface area contributed by atoms with Crippen LogP contribution in [0.3, 0.4) is 0 Å². The van der Waals surface area contributed by atoms with Crippen LogP contribution in [0.1, 0.15) is 22.1 Å². The van der Waals surface area contributed by atoms with Gasteiger partial charge in [0.15, 0.2) is 5.69 Å². The monoisotopic (exact) mass is 334 g/mol. The number of carbonyl (C=O) groups excluding carboxylic acids is 1. The lowest BCUT2D eigenvalue weighted by Gasteiger charge is -2.35. The van der Waals surface area contributed by atoms with Crippen molar-refractivity contribution in [1.29, 1.82) is 0 Å². The van der Waals surface area contributed by atoms with Crippen molar-refractivity contribution in [3.05, 3.63) is 78.1 Å². The third-order valence-electron chi connectivity index (χ3n) is 4.31. The molecule has 1 aliphatic heterocycles. The Hall–Kier alpha value is -2.99. The van der Waals surface area contributed by atoms with Gasteiger partial charge in [0.2, 0.25) is 0 Å². The van der Waals surface area contributed by atoms with Crippen molar-refractivity contribution in [1.82, 2.24) is 19.9 Å². The summed E-state index contributed by atoms with van der Waals surface area (Å²) in [7, 11) is 0. The fourth-order valence-electron chi connectivity index (χ4n) is 3.01. The van der Waals surface area contributed by atoms with Gasteiger partial charge < -0.3 is 9.64 Å². The number of rotatable bonds is 3. The zero-order valence-electron chi connectivity index (χ0n) is 13.7. The van der Waals surface area contributed by atoms with Crippen molar-refractivity contribution in [3.63, 3.8) is 0 Å². The summed E-state index contributed by atoms with van der Waals surface area (Å²) >= 11 is 0. The summed E-state index contributed by atoms with van der Waals surface area (Å²) in [5.74, 6) is -0.126. The van der Waals surface area contributed by atoms with Crippen LogP contribution in [-0.2, 0) is 4.74 Å². The van der Waals surface area contributed by atoms with Crippen LogP contribution in [0, 0.1) is 0 Å². The number of aromatic nitrogens is 3. The highest BCUT2D eigenvalue weighted by Gasteiger charge is 2.30. The molecule has 0 bridgehead atoms. The van der Waals surface area contributed by atoms with Crippen LogP contribution in [0.15, 0.2) is 66.9 Å². The third-order valence-corrected chi connectivity index (χ3v) is 4.31. The number of carbonyl (C=O) groups is 1. The number of benzene rings is 2. The van der Waals surface area contributed by atoms with Crippen molar-refractivity contribution in [2.75, 3.05) is 19.8 Å². The van der Waals surface area contributed by atoms with Crippen molar-refractivity contribution < 1.29 is 9.53 Å². The van der Waals surface area contributed by atoms with E-state index >= 15 is 0 Å². The highest BCUT2D eigenvalue weighted by molar-refractivity contribution is 5.92. The molecule has 1 amide bonds. The molecule has 1 unspecified atom stereocenters.